The second-order valence-corrected chi connectivity index (χ2v) is 9.75. The van der Waals surface area contributed by atoms with Crippen LogP contribution in [0.1, 0.15) is 46.8 Å². The van der Waals surface area contributed by atoms with E-state index in [0.717, 1.165) is 11.6 Å². The van der Waals surface area contributed by atoms with Crippen LogP contribution in [-0.2, 0) is 17.5 Å². The molecule has 0 atom stereocenters. The number of fused-ring (bicyclic) bond motifs is 1. The van der Waals surface area contributed by atoms with Gasteiger partial charge in [0.1, 0.15) is 5.75 Å². The number of benzene rings is 4. The zero-order valence-electron chi connectivity index (χ0n) is 22.7. The molecule has 1 heterocycles. The smallest absolute Gasteiger partial charge is 0.418 e. The molecule has 0 saturated heterocycles. The first-order chi connectivity index (χ1) is 20.2. The summed E-state index contributed by atoms with van der Waals surface area (Å²) in [5.41, 5.74) is 2.00. The number of ketones is 1. The Hall–Kier alpha value is -4.98. The van der Waals surface area contributed by atoms with E-state index in [1.165, 1.54) is 12.3 Å². The number of ether oxygens (including phenoxy) is 1. The largest absolute Gasteiger partial charge is 0.427 e. The van der Waals surface area contributed by atoms with E-state index >= 15 is 0 Å². The monoisotopic (exact) mass is 568 g/mol. The standard InChI is InChI=1S/C34H27F3N2O3/c1-2-9-30(40)42-26-15-6-10-22(18-26)20-38-25-14-7-13-24(19-25)31-27-16-8-17-29(34(35,36)37)32(27)39-21-28(31)33(41)23-11-4-3-5-12-23/h3-8,10-19,21,38H,2,9,20H2,1H3. The number of carbonyl (C=O) groups is 2. The molecule has 0 radical (unpaired) electrons. The van der Waals surface area contributed by atoms with Crippen molar-refractivity contribution in [2.75, 3.05) is 5.32 Å². The number of para-hydroxylation sites is 1. The molecule has 1 N–H and O–H groups in total. The third kappa shape index (κ3) is 6.33. The molecule has 5 aromatic rings. The predicted molar refractivity (Wildman–Crippen MR) is 156 cm³/mol. The summed E-state index contributed by atoms with van der Waals surface area (Å²) in [4.78, 5) is 29.6. The summed E-state index contributed by atoms with van der Waals surface area (Å²) in [5.74, 6) is -0.186. The molecular weight excluding hydrogens is 541 g/mol. The van der Waals surface area contributed by atoms with Gasteiger partial charge in [0.25, 0.3) is 0 Å². The van der Waals surface area contributed by atoms with Crippen molar-refractivity contribution in [2.24, 2.45) is 0 Å². The molecule has 1 aromatic heterocycles. The molecule has 0 aliphatic rings. The third-order valence-corrected chi connectivity index (χ3v) is 6.72. The molecule has 5 rings (SSSR count). The van der Waals surface area contributed by atoms with Gasteiger partial charge in [0.2, 0.25) is 0 Å². The first-order valence-corrected chi connectivity index (χ1v) is 13.5. The summed E-state index contributed by atoms with van der Waals surface area (Å²) >= 11 is 0. The highest BCUT2D eigenvalue weighted by atomic mass is 19.4. The normalized spacial score (nSPS) is 11.3. The maximum atomic E-state index is 13.9. The Bertz CT molecular complexity index is 1750. The average molecular weight is 569 g/mol. The van der Waals surface area contributed by atoms with Gasteiger partial charge in [-0.1, -0.05) is 73.7 Å². The second-order valence-electron chi connectivity index (χ2n) is 9.75. The van der Waals surface area contributed by atoms with Crippen molar-refractivity contribution >= 4 is 28.3 Å². The molecule has 42 heavy (non-hydrogen) atoms. The van der Waals surface area contributed by atoms with Gasteiger partial charge in [0, 0.05) is 46.9 Å². The molecule has 0 fully saturated rings. The van der Waals surface area contributed by atoms with Gasteiger partial charge in [-0.05, 0) is 47.9 Å². The van der Waals surface area contributed by atoms with Crippen molar-refractivity contribution in [1.82, 2.24) is 4.98 Å². The number of halogens is 3. The molecule has 0 spiro atoms. The van der Waals surface area contributed by atoms with Gasteiger partial charge in [-0.2, -0.15) is 13.2 Å². The summed E-state index contributed by atoms with van der Waals surface area (Å²) in [7, 11) is 0. The van der Waals surface area contributed by atoms with Crippen molar-refractivity contribution in [3.63, 3.8) is 0 Å². The first kappa shape index (κ1) is 28.5. The number of aromatic nitrogens is 1. The molecule has 212 valence electrons. The highest BCUT2D eigenvalue weighted by Crippen LogP contribution is 2.39. The van der Waals surface area contributed by atoms with Crippen molar-refractivity contribution in [1.29, 1.82) is 0 Å². The molecule has 4 aromatic carbocycles. The number of alkyl halides is 3. The molecule has 0 aliphatic carbocycles. The Balaban J connectivity index is 1.53. The van der Waals surface area contributed by atoms with E-state index in [-0.39, 0.29) is 28.2 Å². The fourth-order valence-electron chi connectivity index (χ4n) is 4.77. The van der Waals surface area contributed by atoms with Crippen molar-refractivity contribution < 1.29 is 27.5 Å². The minimum Gasteiger partial charge on any atom is -0.427 e. The number of rotatable bonds is 9. The van der Waals surface area contributed by atoms with Gasteiger partial charge in [-0.15, -0.1) is 0 Å². The number of anilines is 1. The van der Waals surface area contributed by atoms with Crippen LogP contribution in [0.25, 0.3) is 22.0 Å². The highest BCUT2D eigenvalue weighted by molar-refractivity contribution is 6.16. The van der Waals surface area contributed by atoms with Crippen LogP contribution in [-0.4, -0.2) is 16.7 Å². The summed E-state index contributed by atoms with van der Waals surface area (Å²) < 4.78 is 47.1. The maximum absolute atomic E-state index is 13.9. The second kappa shape index (κ2) is 12.3. The van der Waals surface area contributed by atoms with E-state index in [2.05, 4.69) is 10.3 Å². The molecular formula is C34H27F3N2O3. The first-order valence-electron chi connectivity index (χ1n) is 13.5. The molecule has 0 unspecified atom stereocenters. The number of nitrogens with one attached hydrogen (secondary N) is 1. The lowest BCUT2D eigenvalue weighted by Crippen LogP contribution is -2.09. The van der Waals surface area contributed by atoms with Crippen molar-refractivity contribution in [2.45, 2.75) is 32.5 Å². The van der Waals surface area contributed by atoms with E-state index in [4.69, 9.17) is 4.74 Å². The van der Waals surface area contributed by atoms with Crippen molar-refractivity contribution in [3.8, 4) is 16.9 Å². The number of esters is 1. The SMILES string of the molecule is CCCC(=O)Oc1cccc(CNc2cccc(-c3c(C(=O)c4ccccc4)cnc4c(C(F)(F)F)cccc34)c2)c1. The van der Waals surface area contributed by atoms with E-state index in [1.807, 2.05) is 19.1 Å². The summed E-state index contributed by atoms with van der Waals surface area (Å²) in [6.45, 7) is 2.30. The predicted octanol–water partition coefficient (Wildman–Crippen LogP) is 8.47. The molecule has 0 bridgehead atoms. The van der Waals surface area contributed by atoms with Crippen molar-refractivity contribution in [3.05, 3.63) is 126 Å². The lowest BCUT2D eigenvalue weighted by Gasteiger charge is -2.17. The molecule has 0 amide bonds. The Labute approximate surface area is 241 Å². The van der Waals surface area contributed by atoms with Crippen LogP contribution in [0.5, 0.6) is 5.75 Å². The topological polar surface area (TPSA) is 68.3 Å². The van der Waals surface area contributed by atoms with E-state index in [9.17, 15) is 22.8 Å². The lowest BCUT2D eigenvalue weighted by molar-refractivity contribution is -0.136. The van der Waals surface area contributed by atoms with E-state index < -0.39 is 11.7 Å². The molecule has 0 saturated carbocycles. The molecule has 8 heteroatoms. The zero-order valence-corrected chi connectivity index (χ0v) is 22.7. The number of hydrogen-bond donors (Lipinski definition) is 1. The fourth-order valence-corrected chi connectivity index (χ4v) is 4.77. The van der Waals surface area contributed by atoms with Crippen LogP contribution in [0.15, 0.2) is 103 Å². The number of nitrogens with zero attached hydrogens (tertiary/aromatic N) is 1. The zero-order chi connectivity index (χ0) is 29.7. The van der Waals surface area contributed by atoms with Gasteiger partial charge in [-0.3, -0.25) is 14.6 Å². The van der Waals surface area contributed by atoms with Crippen LogP contribution in [0, 0.1) is 0 Å². The Kier molecular flexibility index (Phi) is 8.33. The fraction of sp³-hybridized carbons (Fsp3) is 0.147. The van der Waals surface area contributed by atoms with Gasteiger partial charge < -0.3 is 10.1 Å². The average Bonchev–Trinajstić information content (AvgIpc) is 2.99. The Morgan fingerprint density at radius 3 is 2.40 bits per heavy atom. The summed E-state index contributed by atoms with van der Waals surface area (Å²) in [5, 5.41) is 3.55. The number of pyridine rings is 1. The van der Waals surface area contributed by atoms with Crippen LogP contribution >= 0.6 is 0 Å². The molecule has 5 nitrogen and oxygen atoms in total. The van der Waals surface area contributed by atoms with Crippen LogP contribution < -0.4 is 10.1 Å². The van der Waals surface area contributed by atoms with Gasteiger partial charge in [0.15, 0.2) is 5.78 Å². The maximum Gasteiger partial charge on any atom is 0.418 e. The molecule has 0 aliphatic heterocycles. The third-order valence-electron chi connectivity index (χ3n) is 6.72. The Morgan fingerprint density at radius 1 is 0.881 bits per heavy atom. The van der Waals surface area contributed by atoms with Crippen LogP contribution in [0.2, 0.25) is 0 Å². The number of carbonyl (C=O) groups excluding carboxylic acids is 2. The summed E-state index contributed by atoms with van der Waals surface area (Å²) in [6, 6.07) is 26.8. The van der Waals surface area contributed by atoms with Crippen LogP contribution in [0.4, 0.5) is 18.9 Å². The highest BCUT2D eigenvalue weighted by Gasteiger charge is 2.34. The van der Waals surface area contributed by atoms with E-state index in [0.29, 0.717) is 47.5 Å². The number of hydrogen-bond acceptors (Lipinski definition) is 5. The van der Waals surface area contributed by atoms with Gasteiger partial charge in [-0.25, -0.2) is 0 Å². The van der Waals surface area contributed by atoms with E-state index in [1.54, 1.807) is 72.8 Å². The van der Waals surface area contributed by atoms with Gasteiger partial charge >= 0.3 is 12.1 Å². The quantitative estimate of drug-likeness (QED) is 0.110. The lowest BCUT2D eigenvalue weighted by atomic mass is 9.91. The summed E-state index contributed by atoms with van der Waals surface area (Å²) in [6.07, 6.45) is -2.36. The Morgan fingerprint density at radius 2 is 1.64 bits per heavy atom. The minimum atomic E-state index is -4.61. The van der Waals surface area contributed by atoms with Crippen LogP contribution in [0.3, 0.4) is 0 Å². The van der Waals surface area contributed by atoms with Gasteiger partial charge in [0.05, 0.1) is 11.1 Å². The minimum absolute atomic E-state index is 0.201.